The third-order valence-electron chi connectivity index (χ3n) is 2.41. The monoisotopic (exact) mass is 267 g/mol. The Bertz CT molecular complexity index is 437. The van der Waals surface area contributed by atoms with E-state index in [4.69, 9.17) is 14.7 Å². The van der Waals surface area contributed by atoms with Gasteiger partial charge in [0.15, 0.2) is 11.5 Å². The number of hydrogen-bond donors (Lipinski definition) is 0. The van der Waals surface area contributed by atoms with E-state index < -0.39 is 0 Å². The molecule has 0 aliphatic carbocycles. The van der Waals surface area contributed by atoms with Gasteiger partial charge in [0.25, 0.3) is 0 Å². The van der Waals surface area contributed by atoms with Gasteiger partial charge < -0.3 is 9.47 Å². The van der Waals surface area contributed by atoms with Crippen molar-refractivity contribution >= 4 is 15.9 Å². The third kappa shape index (κ3) is 1.80. The van der Waals surface area contributed by atoms with Gasteiger partial charge in [-0.25, -0.2) is 0 Å². The molecule has 0 atom stereocenters. The van der Waals surface area contributed by atoms with Crippen molar-refractivity contribution in [1.82, 2.24) is 0 Å². The van der Waals surface area contributed by atoms with Gasteiger partial charge in [-0.15, -0.1) is 0 Å². The van der Waals surface area contributed by atoms with Crippen LogP contribution in [0.15, 0.2) is 10.5 Å². The van der Waals surface area contributed by atoms with Crippen LogP contribution in [0.25, 0.3) is 0 Å². The van der Waals surface area contributed by atoms with Crippen molar-refractivity contribution in [2.75, 3.05) is 13.2 Å². The van der Waals surface area contributed by atoms with E-state index in [9.17, 15) is 0 Å². The number of nitriles is 1. The van der Waals surface area contributed by atoms with Crippen molar-refractivity contribution in [3.63, 3.8) is 0 Å². The number of fused-ring (bicyclic) bond motifs is 1. The smallest absolute Gasteiger partial charge is 0.164 e. The highest BCUT2D eigenvalue weighted by Crippen LogP contribution is 2.39. The molecule has 15 heavy (non-hydrogen) atoms. The lowest BCUT2D eigenvalue weighted by molar-refractivity contribution is 0.170. The Kier molecular flexibility index (Phi) is 2.83. The van der Waals surface area contributed by atoms with Crippen LogP contribution in [-0.2, 0) is 6.42 Å². The van der Waals surface area contributed by atoms with Crippen LogP contribution in [0.3, 0.4) is 0 Å². The first-order chi connectivity index (χ1) is 7.24. The molecular weight excluding hydrogens is 258 g/mol. The molecule has 0 radical (unpaired) electrons. The molecule has 0 unspecified atom stereocenters. The fourth-order valence-corrected chi connectivity index (χ4v) is 2.29. The van der Waals surface area contributed by atoms with Crippen LogP contribution in [0.1, 0.15) is 11.1 Å². The van der Waals surface area contributed by atoms with Gasteiger partial charge in [0, 0.05) is 10.0 Å². The summed E-state index contributed by atoms with van der Waals surface area (Å²) in [6.07, 6.45) is 0.378. The number of nitrogens with zero attached hydrogens (tertiary/aromatic N) is 1. The lowest BCUT2D eigenvalue weighted by Crippen LogP contribution is -2.16. The fraction of sp³-hybridized carbons (Fsp3) is 0.364. The van der Waals surface area contributed by atoms with Crippen molar-refractivity contribution in [3.8, 4) is 17.6 Å². The number of rotatable bonds is 1. The molecule has 1 aromatic rings. The summed E-state index contributed by atoms with van der Waals surface area (Å²) >= 11 is 3.44. The van der Waals surface area contributed by atoms with Gasteiger partial charge in [-0.1, -0.05) is 15.9 Å². The molecule has 2 rings (SSSR count). The van der Waals surface area contributed by atoms with Crippen LogP contribution in [0.4, 0.5) is 0 Å². The standard InChI is InChI=1S/C11H10BrNO2/c1-7-8(2-3-13)9(12)6-10-11(7)15-5-4-14-10/h6H,2,4-5H2,1H3. The van der Waals surface area contributed by atoms with Crippen LogP contribution in [0.2, 0.25) is 0 Å². The molecule has 0 aromatic heterocycles. The zero-order valence-electron chi connectivity index (χ0n) is 8.34. The van der Waals surface area contributed by atoms with E-state index in [2.05, 4.69) is 22.0 Å². The molecule has 0 spiro atoms. The molecule has 3 nitrogen and oxygen atoms in total. The van der Waals surface area contributed by atoms with Crippen LogP contribution in [0.5, 0.6) is 11.5 Å². The van der Waals surface area contributed by atoms with Gasteiger partial charge in [0.2, 0.25) is 0 Å². The van der Waals surface area contributed by atoms with E-state index in [1.54, 1.807) is 0 Å². The zero-order valence-corrected chi connectivity index (χ0v) is 9.93. The third-order valence-corrected chi connectivity index (χ3v) is 3.11. The SMILES string of the molecule is Cc1c(CC#N)c(Br)cc2c1OCCO2. The summed E-state index contributed by atoms with van der Waals surface area (Å²) in [5.74, 6) is 1.53. The Balaban J connectivity index is 2.55. The van der Waals surface area contributed by atoms with Crippen molar-refractivity contribution in [1.29, 1.82) is 5.26 Å². The molecule has 0 bridgehead atoms. The van der Waals surface area contributed by atoms with E-state index in [1.165, 1.54) is 0 Å². The van der Waals surface area contributed by atoms with Gasteiger partial charge >= 0.3 is 0 Å². The maximum atomic E-state index is 8.73. The minimum Gasteiger partial charge on any atom is -0.486 e. The highest BCUT2D eigenvalue weighted by molar-refractivity contribution is 9.10. The van der Waals surface area contributed by atoms with E-state index in [-0.39, 0.29) is 0 Å². The minimum absolute atomic E-state index is 0.378. The summed E-state index contributed by atoms with van der Waals surface area (Å²) in [4.78, 5) is 0. The predicted molar refractivity (Wildman–Crippen MR) is 59.2 cm³/mol. The van der Waals surface area contributed by atoms with Gasteiger partial charge in [-0.2, -0.15) is 5.26 Å². The molecule has 0 N–H and O–H groups in total. The molecular formula is C11H10BrNO2. The average Bonchev–Trinajstić information content (AvgIpc) is 2.24. The molecule has 0 fully saturated rings. The summed E-state index contributed by atoms with van der Waals surface area (Å²) < 4.78 is 11.9. The largest absolute Gasteiger partial charge is 0.486 e. The minimum atomic E-state index is 0.378. The molecule has 1 aliphatic rings. The maximum Gasteiger partial charge on any atom is 0.164 e. The normalized spacial score (nSPS) is 13.4. The van der Waals surface area contributed by atoms with Crippen LogP contribution < -0.4 is 9.47 Å². The maximum absolute atomic E-state index is 8.73. The van der Waals surface area contributed by atoms with Crippen molar-refractivity contribution in [3.05, 3.63) is 21.7 Å². The number of ether oxygens (including phenoxy) is 2. The Morgan fingerprint density at radius 3 is 2.93 bits per heavy atom. The van der Waals surface area contributed by atoms with E-state index >= 15 is 0 Å². The fourth-order valence-electron chi connectivity index (χ4n) is 1.65. The lowest BCUT2D eigenvalue weighted by Gasteiger charge is -2.22. The van der Waals surface area contributed by atoms with E-state index in [0.717, 1.165) is 27.1 Å². The first-order valence-corrected chi connectivity index (χ1v) is 5.48. The lowest BCUT2D eigenvalue weighted by atomic mass is 10.0. The average molecular weight is 268 g/mol. The summed E-state index contributed by atoms with van der Waals surface area (Å²) in [6.45, 7) is 3.10. The topological polar surface area (TPSA) is 42.2 Å². The van der Waals surface area contributed by atoms with Crippen molar-refractivity contribution < 1.29 is 9.47 Å². The quantitative estimate of drug-likeness (QED) is 0.786. The molecule has 1 heterocycles. The Morgan fingerprint density at radius 2 is 2.20 bits per heavy atom. The molecule has 1 aromatic carbocycles. The second-order valence-electron chi connectivity index (χ2n) is 3.32. The molecule has 4 heteroatoms. The van der Waals surface area contributed by atoms with Gasteiger partial charge in [0.05, 0.1) is 12.5 Å². The summed E-state index contributed by atoms with van der Waals surface area (Å²) in [5, 5.41) is 8.73. The molecule has 78 valence electrons. The van der Waals surface area contributed by atoms with Crippen molar-refractivity contribution in [2.45, 2.75) is 13.3 Å². The van der Waals surface area contributed by atoms with Crippen molar-refractivity contribution in [2.24, 2.45) is 0 Å². The molecule has 0 amide bonds. The molecule has 1 aliphatic heterocycles. The second-order valence-corrected chi connectivity index (χ2v) is 4.18. The zero-order chi connectivity index (χ0) is 10.8. The second kappa shape index (κ2) is 4.11. The van der Waals surface area contributed by atoms with Crippen LogP contribution in [-0.4, -0.2) is 13.2 Å². The Hall–Kier alpha value is -1.21. The van der Waals surface area contributed by atoms with Crippen LogP contribution in [0, 0.1) is 18.3 Å². The number of hydrogen-bond acceptors (Lipinski definition) is 3. The van der Waals surface area contributed by atoms with Gasteiger partial charge in [-0.05, 0) is 18.6 Å². The summed E-state index contributed by atoms with van der Waals surface area (Å²) in [7, 11) is 0. The first-order valence-electron chi connectivity index (χ1n) is 4.68. The Morgan fingerprint density at radius 1 is 1.47 bits per heavy atom. The van der Waals surface area contributed by atoms with Gasteiger partial charge in [0.1, 0.15) is 13.2 Å². The number of benzene rings is 1. The molecule has 0 saturated heterocycles. The predicted octanol–water partition coefficient (Wildman–Crippen LogP) is 2.59. The highest BCUT2D eigenvalue weighted by Gasteiger charge is 2.19. The summed E-state index contributed by atoms with van der Waals surface area (Å²) in [6, 6.07) is 4.02. The van der Waals surface area contributed by atoms with Crippen LogP contribution >= 0.6 is 15.9 Å². The van der Waals surface area contributed by atoms with E-state index in [0.29, 0.717) is 19.6 Å². The Labute approximate surface area is 96.7 Å². The van der Waals surface area contributed by atoms with E-state index in [1.807, 2.05) is 13.0 Å². The van der Waals surface area contributed by atoms with Gasteiger partial charge in [-0.3, -0.25) is 0 Å². The highest BCUT2D eigenvalue weighted by atomic mass is 79.9. The first kappa shape index (κ1) is 10.3. The number of halogens is 1. The summed E-state index contributed by atoms with van der Waals surface area (Å²) in [5.41, 5.74) is 1.96. The molecule has 0 saturated carbocycles.